The smallest absolute Gasteiger partial charge is 0.260 e. The highest BCUT2D eigenvalue weighted by molar-refractivity contribution is 7.89. The van der Waals surface area contributed by atoms with Gasteiger partial charge in [0.15, 0.2) is 5.03 Å². The van der Waals surface area contributed by atoms with Gasteiger partial charge in [-0.25, -0.2) is 8.42 Å². The van der Waals surface area contributed by atoms with Crippen LogP contribution in [0.25, 0.3) is 0 Å². The van der Waals surface area contributed by atoms with E-state index in [1.54, 1.807) is 32.2 Å². The third kappa shape index (κ3) is 4.43. The Morgan fingerprint density at radius 3 is 2.64 bits per heavy atom. The fourth-order valence-corrected chi connectivity index (χ4v) is 5.25. The molecule has 1 fully saturated rings. The van der Waals surface area contributed by atoms with E-state index in [0.29, 0.717) is 24.3 Å². The Morgan fingerprint density at radius 1 is 1.32 bits per heavy atom. The summed E-state index contributed by atoms with van der Waals surface area (Å²) >= 11 is 0. The zero-order chi connectivity index (χ0) is 20.3. The number of aromatic nitrogens is 2. The number of carbonyl (C=O) groups is 1. The van der Waals surface area contributed by atoms with Crippen molar-refractivity contribution in [3.05, 3.63) is 47.2 Å². The molecule has 2 aromatic rings. The van der Waals surface area contributed by atoms with E-state index in [-0.39, 0.29) is 30.0 Å². The predicted molar refractivity (Wildman–Crippen MR) is 104 cm³/mol. The van der Waals surface area contributed by atoms with E-state index in [1.807, 2.05) is 12.1 Å². The summed E-state index contributed by atoms with van der Waals surface area (Å²) in [4.78, 5) is 11.9. The number of rotatable bonds is 7. The van der Waals surface area contributed by atoms with Gasteiger partial charge in [0.05, 0.1) is 12.3 Å². The maximum absolute atomic E-state index is 12.9. The van der Waals surface area contributed by atoms with E-state index in [9.17, 15) is 13.2 Å². The zero-order valence-electron chi connectivity index (χ0n) is 16.1. The average Bonchev–Trinajstić information content (AvgIpc) is 3.27. The first-order valence-electron chi connectivity index (χ1n) is 9.30. The first-order valence-corrected chi connectivity index (χ1v) is 10.7. The van der Waals surface area contributed by atoms with Gasteiger partial charge in [0.25, 0.3) is 15.9 Å². The van der Waals surface area contributed by atoms with Crippen LogP contribution in [0.2, 0.25) is 0 Å². The molecule has 8 nitrogen and oxygen atoms in total. The largest absolute Gasteiger partial charge is 0.395 e. The predicted octanol–water partition coefficient (Wildman–Crippen LogP) is 0.704. The first kappa shape index (κ1) is 20.5. The summed E-state index contributed by atoms with van der Waals surface area (Å²) in [5.74, 6) is 0.0170. The van der Waals surface area contributed by atoms with Gasteiger partial charge in [-0.2, -0.15) is 9.40 Å². The minimum absolute atomic E-state index is 0.0939. The lowest BCUT2D eigenvalue weighted by atomic mass is 9.98. The number of hydrogen-bond acceptors (Lipinski definition) is 5. The molecular weight excluding hydrogens is 380 g/mol. The number of nitrogens with zero attached hydrogens (tertiary/aromatic N) is 3. The third-order valence-corrected chi connectivity index (χ3v) is 6.87. The van der Waals surface area contributed by atoms with E-state index in [0.717, 1.165) is 18.4 Å². The Bertz CT molecular complexity index is 937. The Kier molecular flexibility index (Phi) is 6.17. The molecule has 0 spiro atoms. The first-order chi connectivity index (χ1) is 13.3. The van der Waals surface area contributed by atoms with Gasteiger partial charge in [0.2, 0.25) is 0 Å². The van der Waals surface area contributed by atoms with Gasteiger partial charge >= 0.3 is 0 Å². The maximum Gasteiger partial charge on any atom is 0.260 e. The van der Waals surface area contributed by atoms with Crippen LogP contribution in [-0.4, -0.2) is 59.8 Å². The summed E-state index contributed by atoms with van der Waals surface area (Å²) in [6, 6.07) is 8.90. The minimum atomic E-state index is -3.54. The molecule has 1 unspecified atom stereocenters. The van der Waals surface area contributed by atoms with Crippen LogP contribution in [-0.2, 0) is 23.5 Å². The lowest BCUT2D eigenvalue weighted by molar-refractivity contribution is 0.0944. The van der Waals surface area contributed by atoms with Gasteiger partial charge in [-0.15, -0.1) is 0 Å². The number of benzene rings is 1. The molecule has 0 aliphatic carbocycles. The lowest BCUT2D eigenvalue weighted by Crippen LogP contribution is -2.30. The molecule has 1 saturated heterocycles. The zero-order valence-corrected chi connectivity index (χ0v) is 16.9. The molecule has 1 aromatic heterocycles. The molecule has 3 rings (SSSR count). The van der Waals surface area contributed by atoms with E-state index >= 15 is 0 Å². The highest BCUT2D eigenvalue weighted by Gasteiger charge is 2.34. The van der Waals surface area contributed by atoms with Gasteiger partial charge in [-0.3, -0.25) is 9.48 Å². The quantitative estimate of drug-likeness (QED) is 0.704. The topological polar surface area (TPSA) is 105 Å². The van der Waals surface area contributed by atoms with Crippen molar-refractivity contribution in [3.63, 3.8) is 0 Å². The Labute approximate surface area is 165 Å². The fourth-order valence-electron chi connectivity index (χ4n) is 3.54. The van der Waals surface area contributed by atoms with Gasteiger partial charge in [-0.1, -0.05) is 12.1 Å². The maximum atomic E-state index is 12.9. The summed E-state index contributed by atoms with van der Waals surface area (Å²) in [5.41, 5.74) is 2.29. The number of carbonyl (C=O) groups excluding carboxylic acids is 1. The second-order valence-electron chi connectivity index (χ2n) is 7.15. The number of aliphatic hydroxyl groups is 1. The highest BCUT2D eigenvalue weighted by Crippen LogP contribution is 2.27. The fraction of sp³-hybridized carbons (Fsp3) is 0.474. The monoisotopic (exact) mass is 406 g/mol. The summed E-state index contributed by atoms with van der Waals surface area (Å²) in [6.07, 6.45) is 1.56. The van der Waals surface area contributed by atoms with Crippen molar-refractivity contribution in [2.24, 2.45) is 13.0 Å². The normalized spacial score (nSPS) is 17.8. The second-order valence-corrected chi connectivity index (χ2v) is 9.03. The molecule has 1 aliphatic rings. The molecule has 0 radical (unpaired) electrons. The number of aliphatic hydroxyl groups excluding tert-OH is 1. The van der Waals surface area contributed by atoms with Gasteiger partial charge in [-0.05, 0) is 49.4 Å². The number of hydrogen-bond donors (Lipinski definition) is 2. The van der Waals surface area contributed by atoms with Crippen LogP contribution in [0.4, 0.5) is 0 Å². The van der Waals surface area contributed by atoms with E-state index in [1.165, 1.54) is 8.99 Å². The number of amides is 1. The number of nitrogens with one attached hydrogen (secondary N) is 1. The van der Waals surface area contributed by atoms with Crippen molar-refractivity contribution in [1.29, 1.82) is 0 Å². The SMILES string of the molecule is Cc1cc(S(=O)(=O)N2CCC(Cc3ccc(C(=O)NCCO)cc3)C2)n(C)n1. The van der Waals surface area contributed by atoms with Gasteiger partial charge in [0, 0.05) is 32.2 Å². The molecular formula is C19H26N4O4S. The van der Waals surface area contributed by atoms with Crippen LogP contribution in [0.1, 0.15) is 28.0 Å². The van der Waals surface area contributed by atoms with Crippen LogP contribution >= 0.6 is 0 Å². The van der Waals surface area contributed by atoms with Crippen LogP contribution in [0.3, 0.4) is 0 Å². The van der Waals surface area contributed by atoms with Crippen molar-refractivity contribution >= 4 is 15.9 Å². The average molecular weight is 407 g/mol. The summed E-state index contributed by atoms with van der Waals surface area (Å²) in [5, 5.41) is 15.7. The van der Waals surface area contributed by atoms with Crippen molar-refractivity contribution < 1.29 is 18.3 Å². The summed E-state index contributed by atoms with van der Waals surface area (Å²) in [6.45, 7) is 2.89. The Morgan fingerprint density at radius 2 is 2.04 bits per heavy atom. The molecule has 1 atom stereocenters. The molecule has 1 aromatic carbocycles. The summed E-state index contributed by atoms with van der Waals surface area (Å²) in [7, 11) is -1.90. The van der Waals surface area contributed by atoms with Crippen LogP contribution in [0, 0.1) is 12.8 Å². The molecule has 152 valence electrons. The molecule has 1 aliphatic heterocycles. The second kappa shape index (κ2) is 8.42. The number of aryl methyl sites for hydroxylation is 2. The van der Waals surface area contributed by atoms with E-state index in [4.69, 9.17) is 5.11 Å². The van der Waals surface area contributed by atoms with Gasteiger partial charge in [0.1, 0.15) is 0 Å². The van der Waals surface area contributed by atoms with Crippen LogP contribution in [0.15, 0.2) is 35.4 Å². The molecule has 0 saturated carbocycles. The van der Waals surface area contributed by atoms with E-state index in [2.05, 4.69) is 10.4 Å². The molecule has 1 amide bonds. The molecule has 0 bridgehead atoms. The minimum Gasteiger partial charge on any atom is -0.395 e. The Balaban J connectivity index is 1.62. The van der Waals surface area contributed by atoms with Crippen LogP contribution in [0.5, 0.6) is 0 Å². The summed E-state index contributed by atoms with van der Waals surface area (Å²) < 4.78 is 28.7. The molecule has 2 N–H and O–H groups in total. The van der Waals surface area contributed by atoms with Crippen molar-refractivity contribution in [2.75, 3.05) is 26.2 Å². The molecule has 28 heavy (non-hydrogen) atoms. The standard InChI is InChI=1S/C19H26N4O4S/c1-14-11-18(22(2)21-14)28(26,27)23-9-7-16(13-23)12-15-3-5-17(6-4-15)19(25)20-8-10-24/h3-6,11,16,24H,7-10,12-13H2,1-2H3,(H,20,25). The van der Waals surface area contributed by atoms with E-state index < -0.39 is 10.0 Å². The lowest BCUT2D eigenvalue weighted by Gasteiger charge is -2.16. The third-order valence-electron chi connectivity index (χ3n) is 4.95. The number of sulfonamides is 1. The molecule has 2 heterocycles. The Hall–Kier alpha value is -2.23. The van der Waals surface area contributed by atoms with Crippen molar-refractivity contribution in [3.8, 4) is 0 Å². The molecule has 9 heteroatoms. The van der Waals surface area contributed by atoms with Gasteiger partial charge < -0.3 is 10.4 Å². The van der Waals surface area contributed by atoms with Crippen LogP contribution < -0.4 is 5.32 Å². The highest BCUT2D eigenvalue weighted by atomic mass is 32.2. The van der Waals surface area contributed by atoms with Crippen molar-refractivity contribution in [2.45, 2.75) is 24.8 Å². The van der Waals surface area contributed by atoms with Crippen molar-refractivity contribution in [1.82, 2.24) is 19.4 Å².